The summed E-state index contributed by atoms with van der Waals surface area (Å²) in [7, 11) is -7.65. The highest BCUT2D eigenvalue weighted by Gasteiger charge is 2.33. The minimum atomic E-state index is -3.95. The van der Waals surface area contributed by atoms with Gasteiger partial charge in [-0.15, -0.1) is 0 Å². The van der Waals surface area contributed by atoms with Gasteiger partial charge in [0.1, 0.15) is 0 Å². The molecule has 0 aliphatic carbocycles. The summed E-state index contributed by atoms with van der Waals surface area (Å²) in [5.74, 6) is 0. The minimum Gasteiger partial charge on any atom is -0.207 e. The van der Waals surface area contributed by atoms with Gasteiger partial charge in [-0.3, -0.25) is 0 Å². The fourth-order valence-corrected chi connectivity index (χ4v) is 7.96. The maximum absolute atomic E-state index is 13.7. The van der Waals surface area contributed by atoms with Crippen LogP contribution in [0, 0.1) is 0 Å². The van der Waals surface area contributed by atoms with Gasteiger partial charge in [0.05, 0.1) is 9.79 Å². The molecule has 0 amide bonds. The largest absolute Gasteiger partial charge is 0.243 e. The molecular weight excluding hydrogens is 516 g/mol. The van der Waals surface area contributed by atoms with E-state index in [1.807, 2.05) is 43.3 Å². The topological polar surface area (TPSA) is 74.8 Å². The summed E-state index contributed by atoms with van der Waals surface area (Å²) >= 11 is 6.34. The molecule has 0 N–H and O–H groups in total. The van der Waals surface area contributed by atoms with Gasteiger partial charge in [-0.25, -0.2) is 16.8 Å². The lowest BCUT2D eigenvalue weighted by atomic mass is 10.0. The standard InChI is InChI=1S/C27H31ClN2O4S2/c1-2-24-13-8-9-19-30(24)36(33,34)26-17-15-25(16-18-26)35(31,32)29(20-22-10-4-3-5-11-22)21-23-12-6-7-14-27(23)28/h3-7,10-12,14-18,24H,2,8-9,13,19-21H2,1H3. The molecule has 192 valence electrons. The van der Waals surface area contributed by atoms with Crippen molar-refractivity contribution in [2.75, 3.05) is 6.54 Å². The molecule has 3 aromatic rings. The van der Waals surface area contributed by atoms with E-state index in [2.05, 4.69) is 0 Å². The number of benzene rings is 3. The molecule has 1 aliphatic rings. The van der Waals surface area contributed by atoms with Crippen molar-refractivity contribution in [3.05, 3.63) is 95.0 Å². The highest BCUT2D eigenvalue weighted by Crippen LogP contribution is 2.29. The maximum atomic E-state index is 13.7. The molecule has 1 atom stereocenters. The van der Waals surface area contributed by atoms with Gasteiger partial charge in [-0.05, 0) is 60.7 Å². The van der Waals surface area contributed by atoms with Crippen LogP contribution in [-0.4, -0.2) is 38.0 Å². The van der Waals surface area contributed by atoms with Crippen LogP contribution in [0.1, 0.15) is 43.7 Å². The van der Waals surface area contributed by atoms with Gasteiger partial charge in [-0.2, -0.15) is 8.61 Å². The maximum Gasteiger partial charge on any atom is 0.243 e. The summed E-state index contributed by atoms with van der Waals surface area (Å²) < 4.78 is 57.1. The molecule has 1 saturated heterocycles. The van der Waals surface area contributed by atoms with Crippen molar-refractivity contribution in [3.8, 4) is 0 Å². The first-order valence-corrected chi connectivity index (χ1v) is 15.4. The number of piperidine rings is 1. The number of hydrogen-bond acceptors (Lipinski definition) is 4. The smallest absolute Gasteiger partial charge is 0.207 e. The van der Waals surface area contributed by atoms with Crippen molar-refractivity contribution < 1.29 is 16.8 Å². The number of rotatable bonds is 9. The van der Waals surface area contributed by atoms with Crippen LogP contribution >= 0.6 is 11.6 Å². The number of nitrogens with zero attached hydrogens (tertiary/aromatic N) is 2. The molecule has 1 unspecified atom stereocenters. The first-order chi connectivity index (χ1) is 17.2. The molecule has 1 fully saturated rings. The van der Waals surface area contributed by atoms with Crippen LogP contribution in [0.15, 0.2) is 88.7 Å². The van der Waals surface area contributed by atoms with Gasteiger partial charge < -0.3 is 0 Å². The summed E-state index contributed by atoms with van der Waals surface area (Å²) in [4.78, 5) is 0.151. The second-order valence-electron chi connectivity index (χ2n) is 9.00. The Kier molecular flexibility index (Phi) is 8.52. The monoisotopic (exact) mass is 546 g/mol. The van der Waals surface area contributed by atoms with Gasteiger partial charge in [0.15, 0.2) is 0 Å². The Balaban J connectivity index is 1.65. The fraction of sp³-hybridized carbons (Fsp3) is 0.333. The summed E-state index contributed by atoms with van der Waals surface area (Å²) in [5.41, 5.74) is 1.52. The van der Waals surface area contributed by atoms with Crippen LogP contribution in [-0.2, 0) is 33.1 Å². The van der Waals surface area contributed by atoms with Gasteiger partial charge in [0.2, 0.25) is 20.0 Å². The Morgan fingerprint density at radius 3 is 2.14 bits per heavy atom. The molecule has 3 aromatic carbocycles. The SMILES string of the molecule is CCC1CCCCN1S(=O)(=O)c1ccc(S(=O)(=O)N(Cc2ccccc2)Cc2ccccc2Cl)cc1. The van der Waals surface area contributed by atoms with Crippen molar-refractivity contribution in [2.45, 2.75) is 61.5 Å². The molecule has 1 aliphatic heterocycles. The van der Waals surface area contributed by atoms with Crippen molar-refractivity contribution >= 4 is 31.6 Å². The normalized spacial score (nSPS) is 17.4. The molecule has 0 aromatic heterocycles. The van der Waals surface area contributed by atoms with Crippen LogP contribution in [0.25, 0.3) is 0 Å². The summed E-state index contributed by atoms with van der Waals surface area (Å²) in [6.07, 6.45) is 3.45. The quantitative estimate of drug-likeness (QED) is 0.346. The van der Waals surface area contributed by atoms with Crippen LogP contribution < -0.4 is 0 Å². The number of halogens is 1. The number of hydrogen-bond donors (Lipinski definition) is 0. The lowest BCUT2D eigenvalue weighted by Crippen LogP contribution is -2.43. The second kappa shape index (κ2) is 11.4. The first kappa shape index (κ1) is 26.8. The van der Waals surface area contributed by atoms with Crippen LogP contribution in [0.2, 0.25) is 5.02 Å². The zero-order valence-corrected chi connectivity index (χ0v) is 22.6. The average Bonchev–Trinajstić information content (AvgIpc) is 2.90. The van der Waals surface area contributed by atoms with Gasteiger partial charge in [-0.1, -0.05) is 73.5 Å². The van der Waals surface area contributed by atoms with E-state index < -0.39 is 20.0 Å². The molecule has 6 nitrogen and oxygen atoms in total. The lowest BCUT2D eigenvalue weighted by Gasteiger charge is -2.34. The average molecular weight is 547 g/mol. The third-order valence-corrected chi connectivity index (χ3v) is 10.8. The zero-order valence-electron chi connectivity index (χ0n) is 20.3. The first-order valence-electron chi connectivity index (χ1n) is 12.1. The van der Waals surface area contributed by atoms with E-state index >= 15 is 0 Å². The summed E-state index contributed by atoms with van der Waals surface area (Å²) in [6.45, 7) is 2.72. The highest BCUT2D eigenvalue weighted by molar-refractivity contribution is 7.89. The highest BCUT2D eigenvalue weighted by atomic mass is 35.5. The molecular formula is C27H31ClN2O4S2. The van der Waals surface area contributed by atoms with E-state index in [-0.39, 0.29) is 28.9 Å². The molecule has 9 heteroatoms. The van der Waals surface area contributed by atoms with E-state index in [1.54, 1.807) is 22.5 Å². The summed E-state index contributed by atoms with van der Waals surface area (Å²) in [5, 5.41) is 0.485. The predicted molar refractivity (Wildman–Crippen MR) is 143 cm³/mol. The third-order valence-electron chi connectivity index (χ3n) is 6.62. The molecule has 1 heterocycles. The minimum absolute atomic E-state index is 0.0239. The molecule has 0 radical (unpaired) electrons. The number of sulfonamides is 2. The molecule has 0 bridgehead atoms. The zero-order chi connectivity index (χ0) is 25.8. The van der Waals surface area contributed by atoms with Gasteiger partial charge in [0, 0.05) is 30.7 Å². The molecule has 4 rings (SSSR count). The van der Waals surface area contributed by atoms with E-state index in [0.29, 0.717) is 17.1 Å². The van der Waals surface area contributed by atoms with Gasteiger partial charge >= 0.3 is 0 Å². The second-order valence-corrected chi connectivity index (χ2v) is 13.2. The van der Waals surface area contributed by atoms with E-state index in [0.717, 1.165) is 31.2 Å². The Morgan fingerprint density at radius 2 is 1.47 bits per heavy atom. The molecule has 0 saturated carbocycles. The van der Waals surface area contributed by atoms with Crippen molar-refractivity contribution in [1.82, 2.24) is 8.61 Å². The predicted octanol–water partition coefficient (Wildman–Crippen LogP) is 5.68. The van der Waals surface area contributed by atoms with Crippen molar-refractivity contribution in [1.29, 1.82) is 0 Å². The van der Waals surface area contributed by atoms with Crippen molar-refractivity contribution in [3.63, 3.8) is 0 Å². The molecule has 0 spiro atoms. The van der Waals surface area contributed by atoms with E-state index in [1.165, 1.54) is 28.6 Å². The van der Waals surface area contributed by atoms with Crippen molar-refractivity contribution in [2.24, 2.45) is 0 Å². The van der Waals surface area contributed by atoms with Crippen LogP contribution in [0.5, 0.6) is 0 Å². The Bertz CT molecular complexity index is 1380. The lowest BCUT2D eigenvalue weighted by molar-refractivity contribution is 0.246. The Hall–Kier alpha value is -2.23. The Labute approximate surface area is 219 Å². The van der Waals surface area contributed by atoms with Crippen LogP contribution in [0.3, 0.4) is 0 Å². The van der Waals surface area contributed by atoms with E-state index in [9.17, 15) is 16.8 Å². The van der Waals surface area contributed by atoms with E-state index in [4.69, 9.17) is 11.6 Å². The summed E-state index contributed by atoms with van der Waals surface area (Å²) in [6, 6.07) is 22.0. The fourth-order valence-electron chi connectivity index (χ4n) is 4.60. The Morgan fingerprint density at radius 1 is 0.833 bits per heavy atom. The molecule has 36 heavy (non-hydrogen) atoms. The third kappa shape index (κ3) is 5.84. The van der Waals surface area contributed by atoms with Crippen LogP contribution in [0.4, 0.5) is 0 Å². The van der Waals surface area contributed by atoms with Gasteiger partial charge in [0.25, 0.3) is 0 Å².